The highest BCUT2D eigenvalue weighted by Gasteiger charge is 2.17. The van der Waals surface area contributed by atoms with Gasteiger partial charge in [-0.2, -0.15) is 0 Å². The van der Waals surface area contributed by atoms with Gasteiger partial charge in [-0.05, 0) is 11.0 Å². The number of rotatable bonds is 1. The molecule has 0 aliphatic rings. The van der Waals surface area contributed by atoms with Crippen LogP contribution in [0.5, 0.6) is 5.75 Å². The maximum absolute atomic E-state index is 5.33. The van der Waals surface area contributed by atoms with E-state index in [0.29, 0.717) is 0 Å². The second-order valence-corrected chi connectivity index (χ2v) is 4.99. The van der Waals surface area contributed by atoms with Gasteiger partial charge in [-0.1, -0.05) is 39.0 Å². The molecule has 84 valence electrons. The van der Waals surface area contributed by atoms with E-state index in [-0.39, 0.29) is 5.41 Å². The van der Waals surface area contributed by atoms with Gasteiger partial charge in [0.25, 0.3) is 0 Å². The predicted octanol–water partition coefficient (Wildman–Crippen LogP) is 3.54. The first kappa shape index (κ1) is 10.9. The lowest BCUT2D eigenvalue weighted by molar-refractivity contribution is 0.418. The van der Waals surface area contributed by atoms with Crippen LogP contribution < -0.4 is 4.74 Å². The number of fused-ring (bicyclic) bond motifs is 1. The first-order valence-electron chi connectivity index (χ1n) is 5.45. The van der Waals surface area contributed by atoms with E-state index in [2.05, 4.69) is 44.0 Å². The molecule has 0 saturated carbocycles. The third kappa shape index (κ3) is 1.75. The summed E-state index contributed by atoms with van der Waals surface area (Å²) in [6, 6.07) is 6.31. The van der Waals surface area contributed by atoms with Crippen LogP contribution in [0.2, 0.25) is 0 Å². The van der Waals surface area contributed by atoms with E-state index in [9.17, 15) is 0 Å². The normalized spacial score (nSPS) is 11.8. The number of hydrogen-bond acceptors (Lipinski definition) is 2. The number of hydrogen-bond donors (Lipinski definition) is 0. The Morgan fingerprint density at radius 3 is 2.44 bits per heavy atom. The van der Waals surface area contributed by atoms with Crippen molar-refractivity contribution in [1.82, 2.24) is 4.98 Å². The van der Waals surface area contributed by atoms with E-state index in [4.69, 9.17) is 4.74 Å². The van der Waals surface area contributed by atoms with Crippen molar-refractivity contribution in [3.63, 3.8) is 0 Å². The van der Waals surface area contributed by atoms with Crippen LogP contribution in [0.3, 0.4) is 0 Å². The standard InChI is InChI=1S/C14H17NO/c1-14(2,3)12-7-5-6-10-11(12)8-15-9-13(10)16-4/h5-9H,1-4H3. The number of methoxy groups -OCH3 is 1. The molecular weight excluding hydrogens is 198 g/mol. The molecule has 0 aliphatic carbocycles. The molecule has 0 amide bonds. The fraction of sp³-hybridized carbons (Fsp3) is 0.357. The Hall–Kier alpha value is -1.57. The van der Waals surface area contributed by atoms with Gasteiger partial charge >= 0.3 is 0 Å². The minimum absolute atomic E-state index is 0.119. The average molecular weight is 215 g/mol. The summed E-state index contributed by atoms with van der Waals surface area (Å²) in [5.74, 6) is 0.837. The lowest BCUT2D eigenvalue weighted by atomic mass is 9.84. The first-order chi connectivity index (χ1) is 7.54. The summed E-state index contributed by atoms with van der Waals surface area (Å²) in [6.45, 7) is 6.63. The van der Waals surface area contributed by atoms with Gasteiger partial charge in [-0.3, -0.25) is 4.98 Å². The highest BCUT2D eigenvalue weighted by atomic mass is 16.5. The van der Waals surface area contributed by atoms with E-state index in [0.717, 1.165) is 11.1 Å². The predicted molar refractivity (Wildman–Crippen MR) is 67.0 cm³/mol. The number of pyridine rings is 1. The summed E-state index contributed by atoms with van der Waals surface area (Å²) in [4.78, 5) is 4.23. The van der Waals surface area contributed by atoms with E-state index >= 15 is 0 Å². The monoisotopic (exact) mass is 215 g/mol. The van der Waals surface area contributed by atoms with E-state index in [1.54, 1.807) is 13.3 Å². The van der Waals surface area contributed by atoms with Crippen LogP contribution in [-0.4, -0.2) is 12.1 Å². The van der Waals surface area contributed by atoms with Crippen LogP contribution in [-0.2, 0) is 5.41 Å². The van der Waals surface area contributed by atoms with Crippen LogP contribution >= 0.6 is 0 Å². The van der Waals surface area contributed by atoms with Crippen LogP contribution in [0.15, 0.2) is 30.6 Å². The summed E-state index contributed by atoms with van der Waals surface area (Å²) < 4.78 is 5.33. The van der Waals surface area contributed by atoms with Gasteiger partial charge < -0.3 is 4.74 Å². The SMILES string of the molecule is COc1cncc2c(C(C)(C)C)cccc12. The number of benzene rings is 1. The molecule has 2 heteroatoms. The average Bonchev–Trinajstić information content (AvgIpc) is 2.26. The number of ether oxygens (including phenoxy) is 1. The smallest absolute Gasteiger partial charge is 0.144 e. The lowest BCUT2D eigenvalue weighted by Gasteiger charge is -2.21. The Morgan fingerprint density at radius 2 is 1.81 bits per heavy atom. The molecule has 0 bridgehead atoms. The third-order valence-electron chi connectivity index (χ3n) is 2.79. The molecular formula is C14H17NO. The zero-order valence-corrected chi connectivity index (χ0v) is 10.2. The van der Waals surface area contributed by atoms with Crippen LogP contribution in [0.4, 0.5) is 0 Å². The van der Waals surface area contributed by atoms with Crippen molar-refractivity contribution in [1.29, 1.82) is 0 Å². The highest BCUT2D eigenvalue weighted by Crippen LogP contribution is 2.33. The zero-order chi connectivity index (χ0) is 11.8. The molecule has 0 fully saturated rings. The van der Waals surface area contributed by atoms with Gasteiger partial charge in [0.2, 0.25) is 0 Å². The Morgan fingerprint density at radius 1 is 1.06 bits per heavy atom. The van der Waals surface area contributed by atoms with Gasteiger partial charge in [0.1, 0.15) is 5.75 Å². The van der Waals surface area contributed by atoms with Gasteiger partial charge in [0, 0.05) is 17.0 Å². The van der Waals surface area contributed by atoms with Crippen LogP contribution in [0.25, 0.3) is 10.8 Å². The lowest BCUT2D eigenvalue weighted by Crippen LogP contribution is -2.11. The fourth-order valence-electron chi connectivity index (χ4n) is 1.98. The van der Waals surface area contributed by atoms with Crippen LogP contribution in [0, 0.1) is 0 Å². The molecule has 2 nitrogen and oxygen atoms in total. The Balaban J connectivity index is 2.79. The second-order valence-electron chi connectivity index (χ2n) is 4.99. The number of aromatic nitrogens is 1. The molecule has 1 aromatic heterocycles. The molecule has 1 heterocycles. The van der Waals surface area contributed by atoms with E-state index in [1.807, 2.05) is 6.20 Å². The topological polar surface area (TPSA) is 22.1 Å². The van der Waals surface area contributed by atoms with Gasteiger partial charge in [-0.25, -0.2) is 0 Å². The Kier molecular flexibility index (Phi) is 2.58. The summed E-state index contributed by atoms with van der Waals surface area (Å²) in [5.41, 5.74) is 1.42. The molecule has 0 radical (unpaired) electrons. The van der Waals surface area contributed by atoms with Crippen molar-refractivity contribution in [3.05, 3.63) is 36.2 Å². The molecule has 2 rings (SSSR count). The largest absolute Gasteiger partial charge is 0.494 e. The number of nitrogens with zero attached hydrogens (tertiary/aromatic N) is 1. The molecule has 0 atom stereocenters. The van der Waals surface area contributed by atoms with Gasteiger partial charge in [0.05, 0.1) is 13.3 Å². The minimum Gasteiger partial charge on any atom is -0.494 e. The molecule has 0 N–H and O–H groups in total. The maximum Gasteiger partial charge on any atom is 0.144 e. The van der Waals surface area contributed by atoms with Gasteiger partial charge in [0.15, 0.2) is 0 Å². The van der Waals surface area contributed by atoms with E-state index < -0.39 is 0 Å². The molecule has 2 aromatic rings. The fourth-order valence-corrected chi connectivity index (χ4v) is 1.98. The van der Waals surface area contributed by atoms with Crippen LogP contribution in [0.1, 0.15) is 26.3 Å². The minimum atomic E-state index is 0.119. The first-order valence-corrected chi connectivity index (χ1v) is 5.45. The van der Waals surface area contributed by atoms with Crippen molar-refractivity contribution in [2.24, 2.45) is 0 Å². The van der Waals surface area contributed by atoms with Gasteiger partial charge in [-0.15, -0.1) is 0 Å². The highest BCUT2D eigenvalue weighted by molar-refractivity contribution is 5.90. The second kappa shape index (κ2) is 3.78. The summed E-state index contributed by atoms with van der Waals surface area (Å²) in [7, 11) is 1.68. The Labute approximate surface area is 96.3 Å². The zero-order valence-electron chi connectivity index (χ0n) is 10.2. The third-order valence-corrected chi connectivity index (χ3v) is 2.79. The summed E-state index contributed by atoms with van der Waals surface area (Å²) in [5, 5.41) is 2.30. The summed E-state index contributed by atoms with van der Waals surface area (Å²) in [6.07, 6.45) is 3.67. The van der Waals surface area contributed by atoms with Crippen molar-refractivity contribution in [3.8, 4) is 5.75 Å². The molecule has 0 spiro atoms. The molecule has 0 saturated heterocycles. The maximum atomic E-state index is 5.33. The molecule has 0 aliphatic heterocycles. The molecule has 16 heavy (non-hydrogen) atoms. The Bertz CT molecular complexity index is 512. The van der Waals surface area contributed by atoms with Crippen molar-refractivity contribution in [2.75, 3.05) is 7.11 Å². The summed E-state index contributed by atoms with van der Waals surface area (Å²) >= 11 is 0. The molecule has 0 unspecified atom stereocenters. The van der Waals surface area contributed by atoms with Crippen molar-refractivity contribution >= 4 is 10.8 Å². The van der Waals surface area contributed by atoms with E-state index in [1.165, 1.54) is 10.9 Å². The van der Waals surface area contributed by atoms with Crippen molar-refractivity contribution in [2.45, 2.75) is 26.2 Å². The van der Waals surface area contributed by atoms with Crippen molar-refractivity contribution < 1.29 is 4.74 Å². The molecule has 1 aromatic carbocycles. The quantitative estimate of drug-likeness (QED) is 0.726.